The number of aryl methyl sites for hydroxylation is 2. The van der Waals surface area contributed by atoms with Crippen molar-refractivity contribution < 1.29 is 9.21 Å². The van der Waals surface area contributed by atoms with Crippen molar-refractivity contribution in [1.82, 2.24) is 10.3 Å². The Labute approximate surface area is 89.1 Å². The smallest absolute Gasteiger partial charge is 0.289 e. The zero-order valence-electron chi connectivity index (χ0n) is 9.33. The van der Waals surface area contributed by atoms with E-state index in [0.29, 0.717) is 18.1 Å². The fourth-order valence-electron chi connectivity index (χ4n) is 1.32. The van der Waals surface area contributed by atoms with Gasteiger partial charge in [0.2, 0.25) is 5.76 Å². The van der Waals surface area contributed by atoms with E-state index in [0.717, 1.165) is 6.42 Å². The maximum Gasteiger partial charge on any atom is 0.289 e. The zero-order valence-corrected chi connectivity index (χ0v) is 9.33. The number of oxazole rings is 1. The predicted molar refractivity (Wildman–Crippen MR) is 56.6 cm³/mol. The van der Waals surface area contributed by atoms with Gasteiger partial charge in [-0.25, -0.2) is 4.98 Å². The van der Waals surface area contributed by atoms with Gasteiger partial charge in [-0.3, -0.25) is 4.79 Å². The second-order valence-electron chi connectivity index (χ2n) is 3.46. The summed E-state index contributed by atoms with van der Waals surface area (Å²) in [5, 5.41) is 2.79. The highest BCUT2D eigenvalue weighted by Crippen LogP contribution is 2.09. The van der Waals surface area contributed by atoms with Crippen molar-refractivity contribution in [3.8, 4) is 0 Å². The van der Waals surface area contributed by atoms with Crippen LogP contribution in [0, 0.1) is 13.8 Å². The summed E-state index contributed by atoms with van der Waals surface area (Å²) in [6.07, 6.45) is 0.800. The molecule has 5 nitrogen and oxygen atoms in total. The summed E-state index contributed by atoms with van der Waals surface area (Å²) in [7, 11) is 0. The van der Waals surface area contributed by atoms with E-state index in [-0.39, 0.29) is 17.7 Å². The van der Waals surface area contributed by atoms with Crippen LogP contribution in [0.5, 0.6) is 0 Å². The van der Waals surface area contributed by atoms with Crippen LogP contribution in [-0.4, -0.2) is 23.5 Å². The fraction of sp³-hybridized carbons (Fsp3) is 0.600. The highest BCUT2D eigenvalue weighted by Gasteiger charge is 2.17. The minimum atomic E-state index is -0.245. The molecular formula is C10H17N3O2. The summed E-state index contributed by atoms with van der Waals surface area (Å²) in [6.45, 7) is 5.85. The van der Waals surface area contributed by atoms with Crippen LogP contribution in [0.4, 0.5) is 0 Å². The maximum atomic E-state index is 11.7. The normalized spacial score (nSPS) is 12.5. The third-order valence-electron chi connectivity index (χ3n) is 2.22. The Morgan fingerprint density at radius 2 is 2.27 bits per heavy atom. The predicted octanol–water partition coefficient (Wildman–Crippen LogP) is 0.759. The summed E-state index contributed by atoms with van der Waals surface area (Å²) in [6, 6.07) is -0.0118. The number of carbonyl (C=O) groups is 1. The van der Waals surface area contributed by atoms with Crippen molar-refractivity contribution in [2.45, 2.75) is 33.2 Å². The number of hydrogen-bond donors (Lipinski definition) is 2. The second kappa shape index (κ2) is 4.93. The minimum Gasteiger partial charge on any atom is -0.436 e. The van der Waals surface area contributed by atoms with Crippen LogP contribution >= 0.6 is 0 Å². The molecule has 1 unspecified atom stereocenters. The van der Waals surface area contributed by atoms with Gasteiger partial charge in [0.15, 0.2) is 5.89 Å². The number of nitrogens with zero attached hydrogens (tertiary/aromatic N) is 1. The molecule has 0 saturated heterocycles. The van der Waals surface area contributed by atoms with Gasteiger partial charge in [-0.15, -0.1) is 0 Å². The Morgan fingerprint density at radius 1 is 1.60 bits per heavy atom. The molecule has 0 aromatic carbocycles. The van der Waals surface area contributed by atoms with Gasteiger partial charge in [0.05, 0.1) is 5.69 Å². The van der Waals surface area contributed by atoms with Crippen molar-refractivity contribution in [2.75, 3.05) is 6.54 Å². The quantitative estimate of drug-likeness (QED) is 0.770. The van der Waals surface area contributed by atoms with Crippen molar-refractivity contribution in [2.24, 2.45) is 5.73 Å². The standard InChI is InChI=1S/C10H17N3O2/c1-4-8(5-11)13-10(14)9-6(2)12-7(3)15-9/h8H,4-5,11H2,1-3H3,(H,13,14). The molecule has 0 fully saturated rings. The Bertz CT molecular complexity index is 342. The molecular weight excluding hydrogens is 194 g/mol. The van der Waals surface area contributed by atoms with Gasteiger partial charge in [-0.2, -0.15) is 0 Å². The Hall–Kier alpha value is -1.36. The van der Waals surface area contributed by atoms with Crippen LogP contribution in [-0.2, 0) is 0 Å². The lowest BCUT2D eigenvalue weighted by Gasteiger charge is -2.13. The van der Waals surface area contributed by atoms with E-state index < -0.39 is 0 Å². The molecule has 0 saturated carbocycles. The minimum absolute atomic E-state index is 0.0118. The lowest BCUT2D eigenvalue weighted by atomic mass is 10.2. The first-order valence-corrected chi connectivity index (χ1v) is 5.03. The van der Waals surface area contributed by atoms with Crippen LogP contribution in [0.15, 0.2) is 4.42 Å². The molecule has 15 heavy (non-hydrogen) atoms. The first-order valence-electron chi connectivity index (χ1n) is 5.03. The first-order chi connectivity index (χ1) is 7.08. The topological polar surface area (TPSA) is 81.1 Å². The van der Waals surface area contributed by atoms with Gasteiger partial charge >= 0.3 is 0 Å². The van der Waals surface area contributed by atoms with Crippen LogP contribution in [0.1, 0.15) is 35.5 Å². The number of nitrogens with one attached hydrogen (secondary N) is 1. The van der Waals surface area contributed by atoms with Gasteiger partial charge in [0, 0.05) is 19.5 Å². The molecule has 1 aromatic rings. The first kappa shape index (κ1) is 11.7. The van der Waals surface area contributed by atoms with Crippen molar-refractivity contribution in [1.29, 1.82) is 0 Å². The average molecular weight is 211 g/mol. The number of nitrogens with two attached hydrogens (primary N) is 1. The van der Waals surface area contributed by atoms with Crippen LogP contribution in [0.2, 0.25) is 0 Å². The summed E-state index contributed by atoms with van der Waals surface area (Å²) in [5.41, 5.74) is 6.10. The lowest BCUT2D eigenvalue weighted by molar-refractivity contribution is 0.0907. The third kappa shape index (κ3) is 2.79. The molecule has 1 atom stereocenters. The molecule has 0 aliphatic carbocycles. The van der Waals surface area contributed by atoms with Crippen molar-refractivity contribution in [3.05, 3.63) is 17.3 Å². The SMILES string of the molecule is CCC(CN)NC(=O)c1oc(C)nc1C. The van der Waals surface area contributed by atoms with E-state index in [4.69, 9.17) is 10.2 Å². The average Bonchev–Trinajstić information content (AvgIpc) is 2.54. The van der Waals surface area contributed by atoms with Crippen molar-refractivity contribution >= 4 is 5.91 Å². The zero-order chi connectivity index (χ0) is 11.4. The Balaban J connectivity index is 2.72. The van der Waals surface area contributed by atoms with Crippen LogP contribution < -0.4 is 11.1 Å². The van der Waals surface area contributed by atoms with E-state index in [1.165, 1.54) is 0 Å². The van der Waals surface area contributed by atoms with Crippen molar-refractivity contribution in [3.63, 3.8) is 0 Å². The van der Waals surface area contributed by atoms with E-state index in [9.17, 15) is 4.79 Å². The summed E-state index contributed by atoms with van der Waals surface area (Å²) in [5.74, 6) is 0.531. The van der Waals surface area contributed by atoms with E-state index in [1.54, 1.807) is 13.8 Å². The molecule has 1 amide bonds. The number of rotatable bonds is 4. The summed E-state index contributed by atoms with van der Waals surface area (Å²) in [4.78, 5) is 15.7. The molecule has 0 bridgehead atoms. The van der Waals surface area contributed by atoms with Crippen LogP contribution in [0.3, 0.4) is 0 Å². The van der Waals surface area contributed by atoms with E-state index >= 15 is 0 Å². The largest absolute Gasteiger partial charge is 0.436 e. The van der Waals surface area contributed by atoms with Gasteiger partial charge in [0.1, 0.15) is 0 Å². The molecule has 5 heteroatoms. The molecule has 1 heterocycles. The number of hydrogen-bond acceptors (Lipinski definition) is 4. The molecule has 3 N–H and O–H groups in total. The van der Waals surface area contributed by atoms with Gasteiger partial charge in [0.25, 0.3) is 5.91 Å². The third-order valence-corrected chi connectivity index (χ3v) is 2.22. The van der Waals surface area contributed by atoms with E-state index in [2.05, 4.69) is 10.3 Å². The second-order valence-corrected chi connectivity index (χ2v) is 3.46. The molecule has 0 aliphatic rings. The molecule has 0 spiro atoms. The Morgan fingerprint density at radius 3 is 2.67 bits per heavy atom. The molecule has 0 aliphatic heterocycles. The number of carbonyl (C=O) groups excluding carboxylic acids is 1. The number of amides is 1. The molecule has 1 aromatic heterocycles. The lowest BCUT2D eigenvalue weighted by Crippen LogP contribution is -2.39. The fourth-order valence-corrected chi connectivity index (χ4v) is 1.32. The monoisotopic (exact) mass is 211 g/mol. The molecule has 0 radical (unpaired) electrons. The number of aromatic nitrogens is 1. The summed E-state index contributed by atoms with van der Waals surface area (Å²) < 4.78 is 5.20. The highest BCUT2D eigenvalue weighted by atomic mass is 16.4. The van der Waals surface area contributed by atoms with Gasteiger partial charge in [-0.1, -0.05) is 6.92 Å². The van der Waals surface area contributed by atoms with Gasteiger partial charge < -0.3 is 15.5 Å². The molecule has 84 valence electrons. The molecule has 1 rings (SSSR count). The van der Waals surface area contributed by atoms with Gasteiger partial charge in [-0.05, 0) is 13.3 Å². The Kier molecular flexibility index (Phi) is 3.85. The van der Waals surface area contributed by atoms with E-state index in [1.807, 2.05) is 6.92 Å². The van der Waals surface area contributed by atoms with Crippen LogP contribution in [0.25, 0.3) is 0 Å². The highest BCUT2D eigenvalue weighted by molar-refractivity contribution is 5.92. The summed E-state index contributed by atoms with van der Waals surface area (Å²) >= 11 is 0. The maximum absolute atomic E-state index is 11.7.